The van der Waals surface area contributed by atoms with Gasteiger partial charge in [-0.1, -0.05) is 18.2 Å². The van der Waals surface area contributed by atoms with Gasteiger partial charge in [-0.3, -0.25) is 4.79 Å². The van der Waals surface area contributed by atoms with Crippen molar-refractivity contribution >= 4 is 26.9 Å². The number of rotatable bonds is 5. The fourth-order valence-electron chi connectivity index (χ4n) is 2.91. The number of hydrogen-bond donors (Lipinski definition) is 2. The minimum Gasteiger partial charge on any atom is -0.459 e. The van der Waals surface area contributed by atoms with Crippen LogP contribution in [0.3, 0.4) is 0 Å². The van der Waals surface area contributed by atoms with Crippen molar-refractivity contribution in [2.75, 3.05) is 7.05 Å². The fourth-order valence-corrected chi connectivity index (χ4v) is 3.98. The van der Waals surface area contributed by atoms with Crippen molar-refractivity contribution in [3.63, 3.8) is 0 Å². The Bertz CT molecular complexity index is 1080. The molecule has 0 aliphatic carbocycles. The van der Waals surface area contributed by atoms with E-state index < -0.39 is 10.0 Å². The number of amides is 1. The molecule has 2 aromatic carbocycles. The first kappa shape index (κ1) is 19.1. The first-order valence-electron chi connectivity index (χ1n) is 8.57. The van der Waals surface area contributed by atoms with Crippen molar-refractivity contribution in [3.8, 4) is 0 Å². The van der Waals surface area contributed by atoms with E-state index in [1.54, 1.807) is 19.9 Å². The van der Waals surface area contributed by atoms with E-state index >= 15 is 0 Å². The number of aryl methyl sites for hydroxylation is 1. The Kier molecular flexibility index (Phi) is 5.08. The molecule has 0 saturated heterocycles. The summed E-state index contributed by atoms with van der Waals surface area (Å²) >= 11 is 0. The number of sulfonamides is 1. The second-order valence-electron chi connectivity index (χ2n) is 6.51. The SMILES string of the molecule is CNS(=O)(=O)c1cc(C(=O)NC(C)c2cc3ccccc3o2)cc(C)c1C. The molecule has 0 aliphatic heterocycles. The summed E-state index contributed by atoms with van der Waals surface area (Å²) in [5, 5.41) is 3.83. The molecule has 1 unspecified atom stereocenters. The Morgan fingerprint density at radius 1 is 1.11 bits per heavy atom. The molecule has 7 heteroatoms. The van der Waals surface area contributed by atoms with Crippen molar-refractivity contribution in [1.29, 1.82) is 0 Å². The number of benzene rings is 2. The van der Waals surface area contributed by atoms with E-state index in [2.05, 4.69) is 10.0 Å². The van der Waals surface area contributed by atoms with Crippen LogP contribution in [0.1, 0.15) is 40.2 Å². The predicted octanol–water partition coefficient (Wildman–Crippen LogP) is 3.45. The van der Waals surface area contributed by atoms with Gasteiger partial charge in [0.05, 0.1) is 10.9 Å². The van der Waals surface area contributed by atoms with Crippen LogP contribution in [0, 0.1) is 13.8 Å². The van der Waals surface area contributed by atoms with Crippen LogP contribution in [0.5, 0.6) is 0 Å². The van der Waals surface area contributed by atoms with Gasteiger partial charge in [0.1, 0.15) is 11.3 Å². The van der Waals surface area contributed by atoms with E-state index in [1.165, 1.54) is 13.1 Å². The summed E-state index contributed by atoms with van der Waals surface area (Å²) in [5.74, 6) is 0.273. The smallest absolute Gasteiger partial charge is 0.251 e. The zero-order chi connectivity index (χ0) is 19.8. The minimum absolute atomic E-state index is 0.103. The third kappa shape index (κ3) is 3.74. The molecule has 0 saturated carbocycles. The number of hydrogen-bond acceptors (Lipinski definition) is 4. The highest BCUT2D eigenvalue weighted by molar-refractivity contribution is 7.89. The van der Waals surface area contributed by atoms with Gasteiger partial charge in [-0.15, -0.1) is 0 Å². The van der Waals surface area contributed by atoms with E-state index in [0.717, 1.165) is 16.5 Å². The maximum atomic E-state index is 12.7. The minimum atomic E-state index is -3.65. The average Bonchev–Trinajstić information content (AvgIpc) is 3.08. The van der Waals surface area contributed by atoms with Gasteiger partial charge < -0.3 is 9.73 Å². The molecule has 3 aromatic rings. The highest BCUT2D eigenvalue weighted by Crippen LogP contribution is 2.25. The molecular weight excluding hydrogens is 364 g/mol. The van der Waals surface area contributed by atoms with Crippen LogP contribution in [0.15, 0.2) is 51.8 Å². The van der Waals surface area contributed by atoms with Crippen LogP contribution < -0.4 is 10.0 Å². The van der Waals surface area contributed by atoms with Crippen molar-refractivity contribution in [2.45, 2.75) is 31.7 Å². The molecule has 1 aromatic heterocycles. The van der Waals surface area contributed by atoms with Gasteiger partial charge in [0.2, 0.25) is 10.0 Å². The molecule has 1 atom stereocenters. The number of nitrogens with one attached hydrogen (secondary N) is 2. The predicted molar refractivity (Wildman–Crippen MR) is 104 cm³/mol. The third-order valence-corrected chi connectivity index (χ3v) is 6.20. The molecule has 0 spiro atoms. The van der Waals surface area contributed by atoms with Crippen LogP contribution in [-0.4, -0.2) is 21.4 Å². The lowest BCUT2D eigenvalue weighted by molar-refractivity contribution is 0.0935. The molecule has 1 amide bonds. The Morgan fingerprint density at radius 3 is 2.48 bits per heavy atom. The van der Waals surface area contributed by atoms with Gasteiger partial charge in [-0.2, -0.15) is 0 Å². The summed E-state index contributed by atoms with van der Waals surface area (Å²) in [6.45, 7) is 5.32. The first-order valence-corrected chi connectivity index (χ1v) is 10.1. The van der Waals surface area contributed by atoms with Gasteiger partial charge in [0.15, 0.2) is 0 Å². The molecule has 142 valence electrons. The van der Waals surface area contributed by atoms with Gasteiger partial charge in [-0.25, -0.2) is 13.1 Å². The zero-order valence-electron chi connectivity index (χ0n) is 15.7. The molecule has 0 radical (unpaired) electrons. The first-order chi connectivity index (χ1) is 12.7. The van der Waals surface area contributed by atoms with Crippen molar-refractivity contribution in [1.82, 2.24) is 10.0 Å². The maximum absolute atomic E-state index is 12.7. The second-order valence-corrected chi connectivity index (χ2v) is 8.36. The Hall–Kier alpha value is -2.64. The summed E-state index contributed by atoms with van der Waals surface area (Å²) in [7, 11) is -2.31. The van der Waals surface area contributed by atoms with Crippen molar-refractivity contribution in [2.24, 2.45) is 0 Å². The Morgan fingerprint density at radius 2 is 1.81 bits per heavy atom. The summed E-state index contributed by atoms with van der Waals surface area (Å²) in [6, 6.07) is 12.2. The van der Waals surface area contributed by atoms with Gasteiger partial charge in [0, 0.05) is 10.9 Å². The molecule has 0 fully saturated rings. The lowest BCUT2D eigenvalue weighted by Gasteiger charge is -2.15. The number of para-hydroxylation sites is 1. The third-order valence-electron chi connectivity index (χ3n) is 4.66. The quantitative estimate of drug-likeness (QED) is 0.703. The topological polar surface area (TPSA) is 88.4 Å². The number of furan rings is 1. The second kappa shape index (κ2) is 7.17. The van der Waals surface area contributed by atoms with E-state index in [9.17, 15) is 13.2 Å². The lowest BCUT2D eigenvalue weighted by Crippen LogP contribution is -2.27. The Labute approximate surface area is 158 Å². The van der Waals surface area contributed by atoms with Gasteiger partial charge in [0.25, 0.3) is 5.91 Å². The van der Waals surface area contributed by atoms with Crippen LogP contribution in [0.25, 0.3) is 11.0 Å². The average molecular weight is 386 g/mol. The largest absolute Gasteiger partial charge is 0.459 e. The number of carbonyl (C=O) groups is 1. The lowest BCUT2D eigenvalue weighted by atomic mass is 10.1. The molecular formula is C20H22N2O4S. The molecule has 1 heterocycles. The standard InChI is InChI=1S/C20H22N2O4S/c1-12-9-16(11-19(13(12)2)27(24,25)21-4)20(23)22-14(3)18-10-15-7-5-6-8-17(15)26-18/h5-11,14,21H,1-4H3,(H,22,23). The highest BCUT2D eigenvalue weighted by atomic mass is 32.2. The summed E-state index contributed by atoms with van der Waals surface area (Å²) in [5.41, 5.74) is 2.39. The van der Waals surface area contributed by atoms with Gasteiger partial charge >= 0.3 is 0 Å². The molecule has 2 N–H and O–H groups in total. The van der Waals surface area contributed by atoms with Gasteiger partial charge in [-0.05, 0) is 63.2 Å². The van der Waals surface area contributed by atoms with Crippen LogP contribution in [0.4, 0.5) is 0 Å². The summed E-state index contributed by atoms with van der Waals surface area (Å²) < 4.78 is 32.6. The molecule has 27 heavy (non-hydrogen) atoms. The van der Waals surface area contributed by atoms with Crippen molar-refractivity contribution < 1.29 is 17.6 Å². The van der Waals surface area contributed by atoms with Crippen LogP contribution in [-0.2, 0) is 10.0 Å². The fraction of sp³-hybridized carbons (Fsp3) is 0.250. The number of fused-ring (bicyclic) bond motifs is 1. The molecule has 3 rings (SSSR count). The zero-order valence-corrected chi connectivity index (χ0v) is 16.5. The van der Waals surface area contributed by atoms with E-state index in [4.69, 9.17) is 4.42 Å². The monoisotopic (exact) mass is 386 g/mol. The number of carbonyl (C=O) groups excluding carboxylic acids is 1. The highest BCUT2D eigenvalue weighted by Gasteiger charge is 2.21. The van der Waals surface area contributed by atoms with E-state index in [0.29, 0.717) is 11.3 Å². The normalized spacial score (nSPS) is 12.9. The summed E-state index contributed by atoms with van der Waals surface area (Å²) in [4.78, 5) is 12.8. The van der Waals surface area contributed by atoms with Crippen molar-refractivity contribution in [3.05, 3.63) is 64.9 Å². The maximum Gasteiger partial charge on any atom is 0.251 e. The molecule has 0 bridgehead atoms. The van der Waals surface area contributed by atoms with Crippen LogP contribution in [0.2, 0.25) is 0 Å². The Balaban J connectivity index is 1.89. The van der Waals surface area contributed by atoms with Crippen LogP contribution >= 0.6 is 0 Å². The van der Waals surface area contributed by atoms with E-state index in [1.807, 2.05) is 37.3 Å². The summed E-state index contributed by atoms with van der Waals surface area (Å²) in [6.07, 6.45) is 0. The molecule has 0 aliphatic rings. The van der Waals surface area contributed by atoms with E-state index in [-0.39, 0.29) is 22.4 Å². The molecule has 6 nitrogen and oxygen atoms in total.